The number of aliphatic hydroxyl groups excluding tert-OH is 1. The molecule has 0 aliphatic rings. The number of benzene rings is 1. The highest BCUT2D eigenvalue weighted by atomic mass is 16.5. The first-order valence-corrected chi connectivity index (χ1v) is 7.10. The molecule has 0 radical (unpaired) electrons. The molecule has 0 bridgehead atoms. The summed E-state index contributed by atoms with van der Waals surface area (Å²) in [6.45, 7) is 9.10. The van der Waals surface area contributed by atoms with E-state index >= 15 is 0 Å². The van der Waals surface area contributed by atoms with Gasteiger partial charge in [0.05, 0.1) is 19.3 Å². The fourth-order valence-electron chi connectivity index (χ4n) is 1.66. The Balaban J connectivity index is 2.06. The van der Waals surface area contributed by atoms with Crippen LogP contribution in [0.2, 0.25) is 0 Å². The average Bonchev–Trinajstić information content (AvgIpc) is 2.39. The zero-order chi connectivity index (χ0) is 14.1. The van der Waals surface area contributed by atoms with Gasteiger partial charge in [-0.25, -0.2) is 0 Å². The molecule has 0 aliphatic carbocycles. The van der Waals surface area contributed by atoms with Crippen molar-refractivity contribution in [1.29, 1.82) is 0 Å². The van der Waals surface area contributed by atoms with Crippen LogP contribution in [0.4, 0.5) is 0 Å². The summed E-state index contributed by atoms with van der Waals surface area (Å²) in [6, 6.07) is 10.0. The maximum absolute atomic E-state index is 9.79. The maximum atomic E-state index is 9.79. The summed E-state index contributed by atoms with van der Waals surface area (Å²) in [5.41, 5.74) is 1.14. The lowest BCUT2D eigenvalue weighted by Gasteiger charge is -2.18. The van der Waals surface area contributed by atoms with Crippen LogP contribution in [0.5, 0.6) is 0 Å². The molecule has 0 amide bonds. The minimum absolute atomic E-state index is 0.373. The van der Waals surface area contributed by atoms with Crippen molar-refractivity contribution in [2.75, 3.05) is 19.7 Å². The van der Waals surface area contributed by atoms with Gasteiger partial charge in [0.2, 0.25) is 0 Å². The van der Waals surface area contributed by atoms with Crippen LogP contribution in [-0.2, 0) is 11.3 Å². The fourth-order valence-corrected chi connectivity index (χ4v) is 1.66. The number of hydrogen-bond donors (Lipinski definition) is 2. The third-order valence-electron chi connectivity index (χ3n) is 3.41. The number of aliphatic hydroxyl groups is 1. The minimum Gasteiger partial charge on any atom is -0.389 e. The molecule has 2 atom stereocenters. The van der Waals surface area contributed by atoms with Crippen LogP contribution >= 0.6 is 0 Å². The normalized spacial score (nSPS) is 14.6. The zero-order valence-electron chi connectivity index (χ0n) is 12.3. The molecule has 3 nitrogen and oxygen atoms in total. The highest BCUT2D eigenvalue weighted by Crippen LogP contribution is 2.07. The quantitative estimate of drug-likeness (QED) is 0.720. The van der Waals surface area contributed by atoms with Crippen LogP contribution in [0.15, 0.2) is 30.3 Å². The van der Waals surface area contributed by atoms with Gasteiger partial charge in [-0.3, -0.25) is 0 Å². The molecule has 0 spiro atoms. The second kappa shape index (κ2) is 9.08. The van der Waals surface area contributed by atoms with E-state index in [0.29, 0.717) is 31.6 Å². The van der Waals surface area contributed by atoms with Crippen LogP contribution in [0.3, 0.4) is 0 Å². The van der Waals surface area contributed by atoms with E-state index in [1.165, 1.54) is 0 Å². The molecule has 0 aromatic heterocycles. The molecule has 108 valence electrons. The Morgan fingerprint density at radius 1 is 1.11 bits per heavy atom. The summed E-state index contributed by atoms with van der Waals surface area (Å²) in [7, 11) is 0. The van der Waals surface area contributed by atoms with Crippen LogP contribution in [0, 0.1) is 11.8 Å². The summed E-state index contributed by atoms with van der Waals surface area (Å²) < 4.78 is 5.50. The first-order valence-electron chi connectivity index (χ1n) is 7.10. The van der Waals surface area contributed by atoms with Gasteiger partial charge in [0.25, 0.3) is 0 Å². The van der Waals surface area contributed by atoms with Crippen molar-refractivity contribution in [3.63, 3.8) is 0 Å². The van der Waals surface area contributed by atoms with Crippen molar-refractivity contribution in [2.24, 2.45) is 11.8 Å². The monoisotopic (exact) mass is 265 g/mol. The Hall–Kier alpha value is -0.900. The molecule has 3 heteroatoms. The molecule has 0 heterocycles. The highest BCUT2D eigenvalue weighted by molar-refractivity contribution is 5.13. The molecule has 1 aromatic carbocycles. The SMILES string of the molecule is CC(C)C(C)CNCC(O)COCc1ccccc1. The van der Waals surface area contributed by atoms with E-state index in [9.17, 15) is 5.11 Å². The summed E-state index contributed by atoms with van der Waals surface area (Å²) >= 11 is 0. The molecule has 19 heavy (non-hydrogen) atoms. The Morgan fingerprint density at radius 2 is 1.79 bits per heavy atom. The van der Waals surface area contributed by atoms with Gasteiger partial charge in [-0.15, -0.1) is 0 Å². The number of hydrogen-bond acceptors (Lipinski definition) is 3. The van der Waals surface area contributed by atoms with E-state index in [1.807, 2.05) is 30.3 Å². The standard InChI is InChI=1S/C16H27NO2/c1-13(2)14(3)9-17-10-16(18)12-19-11-15-7-5-4-6-8-15/h4-8,13-14,16-18H,9-12H2,1-3H3. The van der Waals surface area contributed by atoms with Crippen LogP contribution in [0.25, 0.3) is 0 Å². The first kappa shape index (κ1) is 16.2. The zero-order valence-corrected chi connectivity index (χ0v) is 12.3. The van der Waals surface area contributed by atoms with Crippen molar-refractivity contribution in [3.05, 3.63) is 35.9 Å². The molecular formula is C16H27NO2. The minimum atomic E-state index is -0.442. The lowest BCUT2D eigenvalue weighted by atomic mass is 9.98. The van der Waals surface area contributed by atoms with Crippen molar-refractivity contribution < 1.29 is 9.84 Å². The van der Waals surface area contributed by atoms with Crippen LogP contribution < -0.4 is 5.32 Å². The molecule has 0 fully saturated rings. The lowest BCUT2D eigenvalue weighted by molar-refractivity contribution is 0.0284. The van der Waals surface area contributed by atoms with Gasteiger partial charge < -0.3 is 15.2 Å². The van der Waals surface area contributed by atoms with E-state index < -0.39 is 6.10 Å². The second-order valence-electron chi connectivity index (χ2n) is 5.53. The average molecular weight is 265 g/mol. The maximum Gasteiger partial charge on any atom is 0.0897 e. The van der Waals surface area contributed by atoms with Crippen molar-refractivity contribution in [2.45, 2.75) is 33.5 Å². The van der Waals surface area contributed by atoms with E-state index in [0.717, 1.165) is 12.1 Å². The predicted molar refractivity (Wildman–Crippen MR) is 79.0 cm³/mol. The van der Waals surface area contributed by atoms with E-state index in [4.69, 9.17) is 4.74 Å². The Morgan fingerprint density at radius 3 is 2.42 bits per heavy atom. The molecule has 2 N–H and O–H groups in total. The van der Waals surface area contributed by atoms with Gasteiger partial charge >= 0.3 is 0 Å². The van der Waals surface area contributed by atoms with Crippen molar-refractivity contribution in [1.82, 2.24) is 5.32 Å². The molecule has 1 aromatic rings. The largest absolute Gasteiger partial charge is 0.389 e. The summed E-state index contributed by atoms with van der Waals surface area (Å²) in [4.78, 5) is 0. The van der Waals surface area contributed by atoms with Gasteiger partial charge in [-0.05, 0) is 23.9 Å². The number of rotatable bonds is 9. The van der Waals surface area contributed by atoms with Gasteiger partial charge in [-0.2, -0.15) is 0 Å². The Kier molecular flexibility index (Phi) is 7.72. The second-order valence-corrected chi connectivity index (χ2v) is 5.53. The molecule has 1 rings (SSSR count). The van der Waals surface area contributed by atoms with E-state index in [-0.39, 0.29) is 0 Å². The van der Waals surface area contributed by atoms with E-state index in [2.05, 4.69) is 26.1 Å². The van der Waals surface area contributed by atoms with Gasteiger partial charge in [0.1, 0.15) is 0 Å². The summed E-state index contributed by atoms with van der Waals surface area (Å²) in [6.07, 6.45) is -0.442. The first-order chi connectivity index (χ1) is 9.09. The summed E-state index contributed by atoms with van der Waals surface area (Å²) in [5.74, 6) is 1.29. The number of ether oxygens (including phenoxy) is 1. The topological polar surface area (TPSA) is 41.5 Å². The highest BCUT2D eigenvalue weighted by Gasteiger charge is 2.08. The molecule has 0 aliphatic heterocycles. The van der Waals surface area contributed by atoms with E-state index in [1.54, 1.807) is 0 Å². The predicted octanol–water partition coefficient (Wildman–Crippen LogP) is 2.45. The Labute approximate surface area is 117 Å². The molecule has 0 saturated carbocycles. The Bertz CT molecular complexity index is 327. The fraction of sp³-hybridized carbons (Fsp3) is 0.625. The summed E-state index contributed by atoms with van der Waals surface area (Å²) in [5, 5.41) is 13.1. The van der Waals surface area contributed by atoms with Crippen LogP contribution in [0.1, 0.15) is 26.3 Å². The lowest BCUT2D eigenvalue weighted by Crippen LogP contribution is -2.34. The third kappa shape index (κ3) is 7.31. The van der Waals surface area contributed by atoms with Gasteiger partial charge in [0.15, 0.2) is 0 Å². The molecule has 0 saturated heterocycles. The van der Waals surface area contributed by atoms with Crippen LogP contribution in [-0.4, -0.2) is 30.9 Å². The molecular weight excluding hydrogens is 238 g/mol. The van der Waals surface area contributed by atoms with Gasteiger partial charge in [0, 0.05) is 6.54 Å². The molecule has 2 unspecified atom stereocenters. The third-order valence-corrected chi connectivity index (χ3v) is 3.41. The van der Waals surface area contributed by atoms with Crippen molar-refractivity contribution >= 4 is 0 Å². The van der Waals surface area contributed by atoms with Crippen molar-refractivity contribution in [3.8, 4) is 0 Å². The smallest absolute Gasteiger partial charge is 0.0897 e. The number of nitrogens with one attached hydrogen (secondary N) is 1. The van der Waals surface area contributed by atoms with Gasteiger partial charge in [-0.1, -0.05) is 51.1 Å².